The minimum atomic E-state index is 0.627. The van der Waals surface area contributed by atoms with E-state index in [1.165, 1.54) is 11.1 Å². The lowest BCUT2D eigenvalue weighted by Gasteiger charge is -2.13. The smallest absolute Gasteiger partial charge is 0.171 e. The number of thiocarbonyl (C=S) groups is 1. The maximum atomic E-state index is 5.34. The van der Waals surface area contributed by atoms with E-state index in [0.29, 0.717) is 11.7 Å². The molecule has 0 aliphatic heterocycles. The summed E-state index contributed by atoms with van der Waals surface area (Å²) in [5, 5.41) is 11.4. The van der Waals surface area contributed by atoms with Crippen LogP contribution in [0.4, 0.5) is 5.69 Å². The second kappa shape index (κ2) is 6.05. The van der Waals surface area contributed by atoms with Crippen molar-refractivity contribution < 1.29 is 0 Å². The molecule has 106 valence electrons. The van der Waals surface area contributed by atoms with Crippen molar-refractivity contribution in [2.45, 2.75) is 27.3 Å². The van der Waals surface area contributed by atoms with Gasteiger partial charge in [-0.3, -0.25) is 4.68 Å². The number of aryl methyl sites for hydroxylation is 4. The standard InChI is InChI=1S/C15H20N4S/c1-10-5-6-11(2)14(7-10)17-15(20)16-8-13-9-19(4)18-12(13)3/h5-7,9H,8H2,1-4H3,(H2,16,17,20). The van der Waals surface area contributed by atoms with Gasteiger partial charge in [0.25, 0.3) is 0 Å². The molecule has 0 bridgehead atoms. The topological polar surface area (TPSA) is 41.9 Å². The third kappa shape index (κ3) is 3.57. The van der Waals surface area contributed by atoms with E-state index in [9.17, 15) is 0 Å². The molecule has 2 N–H and O–H groups in total. The molecular formula is C15H20N4S. The second-order valence-electron chi connectivity index (χ2n) is 5.04. The zero-order valence-electron chi connectivity index (χ0n) is 12.3. The van der Waals surface area contributed by atoms with Crippen molar-refractivity contribution in [1.29, 1.82) is 0 Å². The van der Waals surface area contributed by atoms with Crippen LogP contribution in [0.2, 0.25) is 0 Å². The maximum absolute atomic E-state index is 5.34. The molecule has 2 aromatic rings. The molecule has 1 aromatic heterocycles. The fourth-order valence-electron chi connectivity index (χ4n) is 2.03. The van der Waals surface area contributed by atoms with Crippen LogP contribution >= 0.6 is 12.2 Å². The Kier molecular flexibility index (Phi) is 4.39. The minimum absolute atomic E-state index is 0.627. The van der Waals surface area contributed by atoms with Crippen molar-refractivity contribution in [3.63, 3.8) is 0 Å². The molecule has 0 aliphatic rings. The number of nitrogens with one attached hydrogen (secondary N) is 2. The number of hydrogen-bond acceptors (Lipinski definition) is 2. The Labute approximate surface area is 125 Å². The van der Waals surface area contributed by atoms with Crippen LogP contribution in [-0.2, 0) is 13.6 Å². The van der Waals surface area contributed by atoms with Crippen LogP contribution in [0.5, 0.6) is 0 Å². The quantitative estimate of drug-likeness (QED) is 0.852. The van der Waals surface area contributed by atoms with Crippen LogP contribution in [0.15, 0.2) is 24.4 Å². The second-order valence-corrected chi connectivity index (χ2v) is 5.45. The van der Waals surface area contributed by atoms with Crippen LogP contribution in [0.1, 0.15) is 22.4 Å². The van der Waals surface area contributed by atoms with Gasteiger partial charge in [-0.1, -0.05) is 12.1 Å². The monoisotopic (exact) mass is 288 g/mol. The molecule has 0 fully saturated rings. The van der Waals surface area contributed by atoms with E-state index in [-0.39, 0.29) is 0 Å². The van der Waals surface area contributed by atoms with Crippen LogP contribution in [-0.4, -0.2) is 14.9 Å². The summed E-state index contributed by atoms with van der Waals surface area (Å²) in [6, 6.07) is 6.28. The Balaban J connectivity index is 1.96. The molecular weight excluding hydrogens is 268 g/mol. The van der Waals surface area contributed by atoms with E-state index in [1.54, 1.807) is 0 Å². The normalized spacial score (nSPS) is 10.4. The molecule has 0 spiro atoms. The first-order valence-electron chi connectivity index (χ1n) is 6.57. The van der Waals surface area contributed by atoms with Crippen molar-refractivity contribution in [1.82, 2.24) is 15.1 Å². The van der Waals surface area contributed by atoms with Gasteiger partial charge in [0.2, 0.25) is 0 Å². The molecule has 0 amide bonds. The summed E-state index contributed by atoms with van der Waals surface area (Å²) in [5.74, 6) is 0. The first kappa shape index (κ1) is 14.5. The highest BCUT2D eigenvalue weighted by molar-refractivity contribution is 7.80. The van der Waals surface area contributed by atoms with E-state index < -0.39 is 0 Å². The van der Waals surface area contributed by atoms with Gasteiger partial charge in [-0.25, -0.2) is 0 Å². The van der Waals surface area contributed by atoms with Gasteiger partial charge in [-0.2, -0.15) is 5.10 Å². The van der Waals surface area contributed by atoms with Gasteiger partial charge in [0.1, 0.15) is 0 Å². The molecule has 1 aromatic carbocycles. The highest BCUT2D eigenvalue weighted by Crippen LogP contribution is 2.16. The van der Waals surface area contributed by atoms with Crippen molar-refractivity contribution in [2.75, 3.05) is 5.32 Å². The summed E-state index contributed by atoms with van der Waals surface area (Å²) in [6.45, 7) is 6.81. The van der Waals surface area contributed by atoms with Crippen molar-refractivity contribution in [2.24, 2.45) is 7.05 Å². The number of rotatable bonds is 3. The Bertz CT molecular complexity index is 631. The summed E-state index contributed by atoms with van der Waals surface area (Å²) in [4.78, 5) is 0. The lowest BCUT2D eigenvalue weighted by molar-refractivity contribution is 0.756. The Morgan fingerprint density at radius 1 is 1.30 bits per heavy atom. The molecule has 0 unspecified atom stereocenters. The van der Waals surface area contributed by atoms with Crippen molar-refractivity contribution in [3.8, 4) is 0 Å². The van der Waals surface area contributed by atoms with Gasteiger partial charge < -0.3 is 10.6 Å². The van der Waals surface area contributed by atoms with E-state index >= 15 is 0 Å². The Hall–Kier alpha value is -1.88. The fraction of sp³-hybridized carbons (Fsp3) is 0.333. The van der Waals surface area contributed by atoms with E-state index in [1.807, 2.05) is 24.9 Å². The fourth-order valence-corrected chi connectivity index (χ4v) is 2.22. The van der Waals surface area contributed by atoms with Gasteiger partial charge in [0, 0.05) is 31.0 Å². The van der Waals surface area contributed by atoms with Crippen molar-refractivity contribution >= 4 is 23.0 Å². The first-order chi connectivity index (χ1) is 9.45. The van der Waals surface area contributed by atoms with Crippen LogP contribution in [0, 0.1) is 20.8 Å². The number of benzene rings is 1. The lowest BCUT2D eigenvalue weighted by atomic mass is 10.1. The molecule has 0 saturated carbocycles. The molecule has 0 atom stereocenters. The van der Waals surface area contributed by atoms with Gasteiger partial charge in [0.05, 0.1) is 5.69 Å². The molecule has 2 rings (SSSR count). The summed E-state index contributed by atoms with van der Waals surface area (Å²) in [6.07, 6.45) is 2.00. The van der Waals surface area contributed by atoms with E-state index in [0.717, 1.165) is 16.9 Å². The molecule has 1 heterocycles. The zero-order chi connectivity index (χ0) is 14.7. The van der Waals surface area contributed by atoms with Crippen molar-refractivity contribution in [3.05, 3.63) is 46.8 Å². The Morgan fingerprint density at radius 2 is 2.05 bits per heavy atom. The third-order valence-electron chi connectivity index (χ3n) is 3.20. The Morgan fingerprint density at radius 3 is 2.70 bits per heavy atom. The predicted octanol–water partition coefficient (Wildman–Crippen LogP) is 2.83. The molecule has 4 nitrogen and oxygen atoms in total. The molecule has 20 heavy (non-hydrogen) atoms. The molecule has 0 radical (unpaired) electrons. The first-order valence-corrected chi connectivity index (χ1v) is 6.98. The zero-order valence-corrected chi connectivity index (χ0v) is 13.1. The predicted molar refractivity (Wildman–Crippen MR) is 86.9 cm³/mol. The minimum Gasteiger partial charge on any atom is -0.358 e. The molecule has 0 saturated heterocycles. The average Bonchev–Trinajstić information content (AvgIpc) is 2.70. The van der Waals surface area contributed by atoms with Crippen LogP contribution in [0.3, 0.4) is 0 Å². The van der Waals surface area contributed by atoms with E-state index in [4.69, 9.17) is 12.2 Å². The average molecular weight is 288 g/mol. The van der Waals surface area contributed by atoms with Gasteiger partial charge in [0.15, 0.2) is 5.11 Å². The van der Waals surface area contributed by atoms with Crippen LogP contribution in [0.25, 0.3) is 0 Å². The van der Waals surface area contributed by atoms with E-state index in [2.05, 4.69) is 47.8 Å². The highest BCUT2D eigenvalue weighted by Gasteiger charge is 2.05. The summed E-state index contributed by atoms with van der Waals surface area (Å²) < 4.78 is 1.81. The number of hydrogen-bond donors (Lipinski definition) is 2. The van der Waals surface area contributed by atoms with Crippen LogP contribution < -0.4 is 10.6 Å². The number of nitrogens with zero attached hydrogens (tertiary/aromatic N) is 2. The maximum Gasteiger partial charge on any atom is 0.171 e. The lowest BCUT2D eigenvalue weighted by Crippen LogP contribution is -2.28. The molecule has 0 aliphatic carbocycles. The van der Waals surface area contributed by atoms with Gasteiger partial charge in [-0.15, -0.1) is 0 Å². The highest BCUT2D eigenvalue weighted by atomic mass is 32.1. The number of aromatic nitrogens is 2. The summed E-state index contributed by atoms with van der Waals surface area (Å²) >= 11 is 5.34. The third-order valence-corrected chi connectivity index (χ3v) is 3.44. The van der Waals surface area contributed by atoms with Gasteiger partial charge in [-0.05, 0) is 50.2 Å². The summed E-state index contributed by atoms with van der Waals surface area (Å²) in [5.41, 5.74) is 5.61. The molecule has 5 heteroatoms. The largest absolute Gasteiger partial charge is 0.358 e. The van der Waals surface area contributed by atoms with Gasteiger partial charge >= 0.3 is 0 Å². The SMILES string of the molecule is Cc1ccc(C)c(NC(=S)NCc2cn(C)nc2C)c1. The summed E-state index contributed by atoms with van der Waals surface area (Å²) in [7, 11) is 1.92. The number of anilines is 1.